The summed E-state index contributed by atoms with van der Waals surface area (Å²) in [7, 11) is 2.11. The number of nitrogens with zero attached hydrogens (tertiary/aromatic N) is 2. The minimum Gasteiger partial charge on any atom is -0.353 e. The summed E-state index contributed by atoms with van der Waals surface area (Å²) < 4.78 is 2.20. The van der Waals surface area contributed by atoms with Gasteiger partial charge in [-0.2, -0.15) is 0 Å². The van der Waals surface area contributed by atoms with Crippen LogP contribution in [0.2, 0.25) is 0 Å². The molecular weight excluding hydrogens is 186 g/mol. The molecule has 0 unspecified atom stereocenters. The van der Waals surface area contributed by atoms with Gasteiger partial charge in [-0.25, -0.2) is 0 Å². The number of rotatable bonds is 3. The van der Waals surface area contributed by atoms with Gasteiger partial charge in [-0.3, -0.25) is 4.90 Å². The van der Waals surface area contributed by atoms with Crippen LogP contribution in [0, 0.1) is 0 Å². The Morgan fingerprint density at radius 3 is 3.00 bits per heavy atom. The molecule has 2 N–H and O–H groups in total. The van der Waals surface area contributed by atoms with Crippen LogP contribution < -0.4 is 5.73 Å². The molecule has 2 heterocycles. The Bertz CT molecular complexity index is 306. The van der Waals surface area contributed by atoms with E-state index >= 15 is 0 Å². The molecule has 1 fully saturated rings. The zero-order chi connectivity index (χ0) is 10.7. The smallest absolute Gasteiger partial charge is 0.0390 e. The highest BCUT2D eigenvalue weighted by molar-refractivity contribution is 5.06. The number of hydrogen-bond acceptors (Lipinski definition) is 2. The summed E-state index contributed by atoms with van der Waals surface area (Å²) in [6.07, 6.45) is 6.03. The van der Waals surface area contributed by atoms with Gasteiger partial charge >= 0.3 is 0 Å². The first-order valence-electron chi connectivity index (χ1n) is 5.85. The Morgan fingerprint density at radius 1 is 1.47 bits per heavy atom. The fourth-order valence-electron chi connectivity index (χ4n) is 2.40. The standard InChI is InChI=1S/C12H21N3/c1-14-7-4-6-12(14)10-15-8-3-2-5-11(15)9-13/h4,6-7,11H,2-3,5,8-10,13H2,1H3/t11-/m0/s1. The minimum atomic E-state index is 0.591. The maximum Gasteiger partial charge on any atom is 0.0390 e. The van der Waals surface area contributed by atoms with E-state index in [1.54, 1.807) is 0 Å². The van der Waals surface area contributed by atoms with Crippen molar-refractivity contribution in [2.24, 2.45) is 12.8 Å². The Morgan fingerprint density at radius 2 is 2.33 bits per heavy atom. The molecule has 0 aromatic carbocycles. The summed E-state index contributed by atoms with van der Waals surface area (Å²) in [6.45, 7) is 3.04. The van der Waals surface area contributed by atoms with Gasteiger partial charge in [0.25, 0.3) is 0 Å². The summed E-state index contributed by atoms with van der Waals surface area (Å²) in [6, 6.07) is 4.90. The molecule has 1 saturated heterocycles. The molecule has 0 amide bonds. The van der Waals surface area contributed by atoms with Gasteiger partial charge in [0.15, 0.2) is 0 Å². The van der Waals surface area contributed by atoms with Gasteiger partial charge in [-0.1, -0.05) is 6.42 Å². The SMILES string of the molecule is Cn1cccc1CN1CCCC[C@H]1CN. The van der Waals surface area contributed by atoms with Crippen LogP contribution in [-0.2, 0) is 13.6 Å². The number of aromatic nitrogens is 1. The molecule has 3 heteroatoms. The number of hydrogen-bond donors (Lipinski definition) is 1. The van der Waals surface area contributed by atoms with Crippen LogP contribution in [0.5, 0.6) is 0 Å². The van der Waals surface area contributed by atoms with Crippen molar-refractivity contribution in [3.8, 4) is 0 Å². The van der Waals surface area contributed by atoms with Crippen molar-refractivity contribution < 1.29 is 0 Å². The van der Waals surface area contributed by atoms with E-state index in [1.165, 1.54) is 31.5 Å². The average Bonchev–Trinajstić information content (AvgIpc) is 2.65. The summed E-state index contributed by atoms with van der Waals surface area (Å²) in [5.74, 6) is 0. The molecule has 1 aromatic heterocycles. The van der Waals surface area contributed by atoms with E-state index in [4.69, 9.17) is 5.73 Å². The molecule has 1 atom stereocenters. The first-order valence-corrected chi connectivity index (χ1v) is 5.85. The first-order chi connectivity index (χ1) is 7.31. The molecule has 84 valence electrons. The minimum absolute atomic E-state index is 0.591. The van der Waals surface area contributed by atoms with E-state index in [0.29, 0.717) is 6.04 Å². The van der Waals surface area contributed by atoms with Gasteiger partial charge in [0.1, 0.15) is 0 Å². The third kappa shape index (κ3) is 2.41. The van der Waals surface area contributed by atoms with Crippen LogP contribution in [0.15, 0.2) is 18.3 Å². The third-order valence-corrected chi connectivity index (χ3v) is 3.44. The average molecular weight is 207 g/mol. The highest BCUT2D eigenvalue weighted by Gasteiger charge is 2.21. The van der Waals surface area contributed by atoms with Crippen molar-refractivity contribution in [2.45, 2.75) is 31.8 Å². The van der Waals surface area contributed by atoms with Crippen molar-refractivity contribution in [1.29, 1.82) is 0 Å². The van der Waals surface area contributed by atoms with E-state index in [2.05, 4.69) is 34.8 Å². The zero-order valence-electron chi connectivity index (χ0n) is 9.52. The summed E-state index contributed by atoms with van der Waals surface area (Å²) >= 11 is 0. The summed E-state index contributed by atoms with van der Waals surface area (Å²) in [5, 5.41) is 0. The second kappa shape index (κ2) is 4.81. The normalized spacial score (nSPS) is 23.2. The van der Waals surface area contributed by atoms with Crippen molar-refractivity contribution in [2.75, 3.05) is 13.1 Å². The molecule has 0 bridgehead atoms. The second-order valence-electron chi connectivity index (χ2n) is 4.47. The molecule has 1 aliphatic heterocycles. The number of likely N-dealkylation sites (tertiary alicyclic amines) is 1. The number of aryl methyl sites for hydroxylation is 1. The maximum absolute atomic E-state index is 5.81. The van der Waals surface area contributed by atoms with Gasteiger partial charge in [0.05, 0.1) is 0 Å². The van der Waals surface area contributed by atoms with Gasteiger partial charge in [0, 0.05) is 38.1 Å². The van der Waals surface area contributed by atoms with Gasteiger partial charge in [0.2, 0.25) is 0 Å². The molecule has 0 saturated carbocycles. The van der Waals surface area contributed by atoms with Crippen LogP contribution >= 0.6 is 0 Å². The van der Waals surface area contributed by atoms with Crippen LogP contribution in [0.1, 0.15) is 25.0 Å². The van der Waals surface area contributed by atoms with E-state index in [0.717, 1.165) is 13.1 Å². The lowest BCUT2D eigenvalue weighted by Crippen LogP contribution is -2.43. The molecule has 2 rings (SSSR count). The molecular formula is C12H21N3. The van der Waals surface area contributed by atoms with Gasteiger partial charge in [-0.05, 0) is 31.5 Å². The fraction of sp³-hybridized carbons (Fsp3) is 0.667. The largest absolute Gasteiger partial charge is 0.353 e. The highest BCUT2D eigenvalue weighted by Crippen LogP contribution is 2.18. The van der Waals surface area contributed by atoms with Gasteiger partial charge < -0.3 is 10.3 Å². The van der Waals surface area contributed by atoms with Crippen LogP contribution in [-0.4, -0.2) is 28.6 Å². The molecule has 0 aliphatic carbocycles. The third-order valence-electron chi connectivity index (χ3n) is 3.44. The molecule has 0 spiro atoms. The van der Waals surface area contributed by atoms with Crippen molar-refractivity contribution in [3.63, 3.8) is 0 Å². The lowest BCUT2D eigenvalue weighted by Gasteiger charge is -2.34. The molecule has 3 nitrogen and oxygen atoms in total. The van der Waals surface area contributed by atoms with E-state index in [-0.39, 0.29) is 0 Å². The lowest BCUT2D eigenvalue weighted by molar-refractivity contribution is 0.142. The van der Waals surface area contributed by atoms with Crippen molar-refractivity contribution in [3.05, 3.63) is 24.0 Å². The number of piperidine rings is 1. The van der Waals surface area contributed by atoms with Crippen LogP contribution in [0.3, 0.4) is 0 Å². The quantitative estimate of drug-likeness (QED) is 0.811. The lowest BCUT2D eigenvalue weighted by atomic mass is 10.0. The molecule has 0 radical (unpaired) electrons. The molecule has 1 aromatic rings. The van der Waals surface area contributed by atoms with Crippen molar-refractivity contribution >= 4 is 0 Å². The predicted molar refractivity (Wildman–Crippen MR) is 62.5 cm³/mol. The summed E-state index contributed by atoms with van der Waals surface area (Å²) in [4.78, 5) is 2.53. The van der Waals surface area contributed by atoms with Crippen molar-refractivity contribution in [1.82, 2.24) is 9.47 Å². The Labute approximate surface area is 91.9 Å². The van der Waals surface area contributed by atoms with E-state index in [9.17, 15) is 0 Å². The Hall–Kier alpha value is -0.800. The van der Waals surface area contributed by atoms with Crippen LogP contribution in [0.25, 0.3) is 0 Å². The highest BCUT2D eigenvalue weighted by atomic mass is 15.2. The molecule has 15 heavy (non-hydrogen) atoms. The molecule has 1 aliphatic rings. The monoisotopic (exact) mass is 207 g/mol. The number of nitrogens with two attached hydrogens (primary N) is 1. The topological polar surface area (TPSA) is 34.2 Å². The maximum atomic E-state index is 5.81. The van der Waals surface area contributed by atoms with E-state index in [1.807, 2.05) is 0 Å². The van der Waals surface area contributed by atoms with E-state index < -0.39 is 0 Å². The zero-order valence-corrected chi connectivity index (χ0v) is 9.52. The first kappa shape index (κ1) is 10.7. The van der Waals surface area contributed by atoms with Gasteiger partial charge in [-0.15, -0.1) is 0 Å². The Kier molecular flexibility index (Phi) is 3.44. The predicted octanol–water partition coefficient (Wildman–Crippen LogP) is 1.34. The fourth-order valence-corrected chi connectivity index (χ4v) is 2.40. The summed E-state index contributed by atoms with van der Waals surface area (Å²) in [5.41, 5.74) is 7.20. The van der Waals surface area contributed by atoms with Crippen LogP contribution in [0.4, 0.5) is 0 Å². The second-order valence-corrected chi connectivity index (χ2v) is 4.47. The Balaban J connectivity index is 2.00.